The van der Waals surface area contributed by atoms with E-state index in [0.717, 1.165) is 0 Å². The van der Waals surface area contributed by atoms with E-state index in [2.05, 4.69) is 10.3 Å². The SMILES string of the molecule is COc1cccc(N)c1C(=O)Nc1nc(C)co1. The molecule has 0 fully saturated rings. The number of amides is 1. The maximum absolute atomic E-state index is 12.1. The van der Waals surface area contributed by atoms with Crippen molar-refractivity contribution in [1.82, 2.24) is 4.98 Å². The highest BCUT2D eigenvalue weighted by Gasteiger charge is 2.17. The second kappa shape index (κ2) is 4.79. The van der Waals surface area contributed by atoms with Crippen LogP contribution < -0.4 is 15.8 Å². The number of aromatic nitrogens is 1. The predicted molar refractivity (Wildman–Crippen MR) is 66.6 cm³/mol. The van der Waals surface area contributed by atoms with Gasteiger partial charge in [-0.05, 0) is 19.1 Å². The van der Waals surface area contributed by atoms with Gasteiger partial charge < -0.3 is 14.9 Å². The summed E-state index contributed by atoms with van der Waals surface area (Å²) in [5.41, 5.74) is 7.03. The molecule has 0 aliphatic heterocycles. The van der Waals surface area contributed by atoms with Crippen molar-refractivity contribution in [1.29, 1.82) is 0 Å². The van der Waals surface area contributed by atoms with E-state index in [-0.39, 0.29) is 11.6 Å². The van der Waals surface area contributed by atoms with Gasteiger partial charge in [0.25, 0.3) is 5.91 Å². The molecule has 2 rings (SSSR count). The van der Waals surface area contributed by atoms with Crippen LogP contribution in [0.25, 0.3) is 0 Å². The molecule has 3 N–H and O–H groups in total. The Hall–Kier alpha value is -2.50. The number of oxazole rings is 1. The van der Waals surface area contributed by atoms with Crippen molar-refractivity contribution in [2.45, 2.75) is 6.92 Å². The molecule has 1 aromatic heterocycles. The van der Waals surface area contributed by atoms with Crippen LogP contribution in [-0.4, -0.2) is 18.0 Å². The van der Waals surface area contributed by atoms with Gasteiger partial charge in [-0.1, -0.05) is 6.07 Å². The fraction of sp³-hybridized carbons (Fsp3) is 0.167. The van der Waals surface area contributed by atoms with Gasteiger partial charge in [0.2, 0.25) is 0 Å². The summed E-state index contributed by atoms with van der Waals surface area (Å²) in [6.07, 6.45) is 1.45. The summed E-state index contributed by atoms with van der Waals surface area (Å²) in [5, 5.41) is 2.52. The molecule has 0 aliphatic rings. The maximum Gasteiger partial charge on any atom is 0.301 e. The zero-order valence-corrected chi connectivity index (χ0v) is 10.1. The molecule has 0 saturated heterocycles. The van der Waals surface area contributed by atoms with Gasteiger partial charge >= 0.3 is 6.01 Å². The van der Waals surface area contributed by atoms with Crippen molar-refractivity contribution in [3.05, 3.63) is 35.7 Å². The number of hydrogen-bond donors (Lipinski definition) is 2. The first-order valence-electron chi connectivity index (χ1n) is 5.27. The summed E-state index contributed by atoms with van der Waals surface area (Å²) in [6, 6.07) is 5.12. The average Bonchev–Trinajstić information content (AvgIpc) is 2.74. The van der Waals surface area contributed by atoms with Crippen molar-refractivity contribution in [2.24, 2.45) is 0 Å². The Kier molecular flexibility index (Phi) is 3.18. The third-order valence-corrected chi connectivity index (χ3v) is 2.34. The number of hydrogen-bond acceptors (Lipinski definition) is 5. The fourth-order valence-corrected chi connectivity index (χ4v) is 1.53. The van der Waals surface area contributed by atoms with Gasteiger partial charge in [-0.3, -0.25) is 10.1 Å². The van der Waals surface area contributed by atoms with E-state index in [0.29, 0.717) is 17.1 Å². The Morgan fingerprint density at radius 2 is 2.28 bits per heavy atom. The smallest absolute Gasteiger partial charge is 0.301 e. The molecule has 6 heteroatoms. The zero-order chi connectivity index (χ0) is 13.1. The number of benzene rings is 1. The van der Waals surface area contributed by atoms with E-state index < -0.39 is 5.91 Å². The summed E-state index contributed by atoms with van der Waals surface area (Å²) >= 11 is 0. The second-order valence-corrected chi connectivity index (χ2v) is 3.67. The van der Waals surface area contributed by atoms with Crippen LogP contribution in [0.2, 0.25) is 0 Å². The van der Waals surface area contributed by atoms with Crippen molar-refractivity contribution in [2.75, 3.05) is 18.2 Å². The molecule has 0 unspecified atom stereocenters. The molecule has 0 radical (unpaired) electrons. The molecule has 94 valence electrons. The third kappa shape index (κ3) is 2.27. The van der Waals surface area contributed by atoms with Crippen molar-refractivity contribution < 1.29 is 13.9 Å². The van der Waals surface area contributed by atoms with E-state index in [1.165, 1.54) is 13.4 Å². The summed E-state index contributed by atoms with van der Waals surface area (Å²) < 4.78 is 10.1. The number of nitrogens with zero attached hydrogens (tertiary/aromatic N) is 1. The molecule has 6 nitrogen and oxygen atoms in total. The Morgan fingerprint density at radius 3 is 2.89 bits per heavy atom. The zero-order valence-electron chi connectivity index (χ0n) is 10.1. The number of nitrogens with two attached hydrogens (primary N) is 1. The monoisotopic (exact) mass is 247 g/mol. The summed E-state index contributed by atoms with van der Waals surface area (Å²) in [4.78, 5) is 16.0. The van der Waals surface area contributed by atoms with Crippen molar-refractivity contribution in [3.8, 4) is 5.75 Å². The number of carbonyl (C=O) groups is 1. The molecule has 0 aliphatic carbocycles. The average molecular weight is 247 g/mol. The van der Waals surface area contributed by atoms with Crippen LogP contribution in [0.4, 0.5) is 11.7 Å². The van der Waals surface area contributed by atoms with Crippen LogP contribution in [0.15, 0.2) is 28.9 Å². The quantitative estimate of drug-likeness (QED) is 0.807. The Balaban J connectivity index is 2.28. The summed E-state index contributed by atoms with van der Waals surface area (Å²) in [7, 11) is 1.47. The number of carbonyl (C=O) groups excluding carboxylic acids is 1. The first-order chi connectivity index (χ1) is 8.61. The highest BCUT2D eigenvalue weighted by molar-refractivity contribution is 6.08. The van der Waals surface area contributed by atoms with E-state index in [4.69, 9.17) is 14.9 Å². The molecular weight excluding hydrogens is 234 g/mol. The third-order valence-electron chi connectivity index (χ3n) is 2.34. The highest BCUT2D eigenvalue weighted by Crippen LogP contribution is 2.25. The lowest BCUT2D eigenvalue weighted by Gasteiger charge is -2.09. The minimum atomic E-state index is -0.424. The maximum atomic E-state index is 12.1. The number of methoxy groups -OCH3 is 1. The highest BCUT2D eigenvalue weighted by atomic mass is 16.5. The van der Waals surface area contributed by atoms with Gasteiger partial charge in [-0.25, -0.2) is 0 Å². The Morgan fingerprint density at radius 1 is 1.50 bits per heavy atom. The molecule has 0 atom stereocenters. The van der Waals surface area contributed by atoms with Gasteiger partial charge in [0.1, 0.15) is 17.6 Å². The second-order valence-electron chi connectivity index (χ2n) is 3.67. The molecule has 0 spiro atoms. The van der Waals surface area contributed by atoms with Crippen LogP contribution in [-0.2, 0) is 0 Å². The van der Waals surface area contributed by atoms with Crippen LogP contribution in [0, 0.1) is 6.92 Å². The minimum absolute atomic E-state index is 0.128. The number of anilines is 2. The first-order valence-corrected chi connectivity index (χ1v) is 5.27. The molecule has 0 bridgehead atoms. The van der Waals surface area contributed by atoms with Crippen molar-refractivity contribution >= 4 is 17.6 Å². The lowest BCUT2D eigenvalue weighted by molar-refractivity contribution is 0.102. The Bertz CT molecular complexity index is 578. The van der Waals surface area contributed by atoms with Crippen LogP contribution in [0.1, 0.15) is 16.1 Å². The molecule has 1 aromatic carbocycles. The lowest BCUT2D eigenvalue weighted by atomic mass is 10.1. The number of ether oxygens (including phenoxy) is 1. The lowest BCUT2D eigenvalue weighted by Crippen LogP contribution is -2.15. The fourth-order valence-electron chi connectivity index (χ4n) is 1.53. The van der Waals surface area contributed by atoms with Gasteiger partial charge in [0, 0.05) is 5.69 Å². The number of rotatable bonds is 3. The van der Waals surface area contributed by atoms with E-state index in [1.54, 1.807) is 25.1 Å². The largest absolute Gasteiger partial charge is 0.496 e. The van der Waals surface area contributed by atoms with Crippen molar-refractivity contribution in [3.63, 3.8) is 0 Å². The van der Waals surface area contributed by atoms with Crippen LogP contribution in [0.3, 0.4) is 0 Å². The summed E-state index contributed by atoms with van der Waals surface area (Å²) in [5.74, 6) is -0.0254. The molecule has 18 heavy (non-hydrogen) atoms. The standard InChI is InChI=1S/C12H13N3O3/c1-7-6-18-12(14-7)15-11(16)10-8(13)4-3-5-9(10)17-2/h3-6H,13H2,1-2H3,(H,14,15,16). The Labute approximate surface area is 104 Å². The molecule has 2 aromatic rings. The molecule has 1 heterocycles. The van der Waals surface area contributed by atoms with E-state index in [9.17, 15) is 4.79 Å². The van der Waals surface area contributed by atoms with Gasteiger partial charge in [-0.15, -0.1) is 0 Å². The van der Waals surface area contributed by atoms with E-state index in [1.807, 2.05) is 0 Å². The van der Waals surface area contributed by atoms with E-state index >= 15 is 0 Å². The normalized spacial score (nSPS) is 10.1. The minimum Gasteiger partial charge on any atom is -0.496 e. The molecular formula is C12H13N3O3. The predicted octanol–water partition coefficient (Wildman–Crippen LogP) is 1.83. The number of nitrogen functional groups attached to an aromatic ring is 1. The van der Waals surface area contributed by atoms with Gasteiger partial charge in [0.05, 0.1) is 12.8 Å². The topological polar surface area (TPSA) is 90.4 Å². The first kappa shape index (κ1) is 12.0. The molecule has 1 amide bonds. The van der Waals surface area contributed by atoms with Crippen LogP contribution in [0.5, 0.6) is 5.75 Å². The van der Waals surface area contributed by atoms with Gasteiger partial charge in [0.15, 0.2) is 0 Å². The number of aryl methyl sites for hydroxylation is 1. The van der Waals surface area contributed by atoms with Gasteiger partial charge in [-0.2, -0.15) is 4.98 Å². The van der Waals surface area contributed by atoms with Crippen LogP contribution >= 0.6 is 0 Å². The number of nitrogens with one attached hydrogen (secondary N) is 1. The molecule has 0 saturated carbocycles. The summed E-state index contributed by atoms with van der Waals surface area (Å²) in [6.45, 7) is 1.76.